The Bertz CT molecular complexity index is 3300. The Morgan fingerprint density at radius 1 is 0.472 bits per heavy atom. The number of fused-ring (bicyclic) bond motifs is 4. The highest BCUT2D eigenvalue weighted by Crippen LogP contribution is 2.42. The minimum Gasteiger partial charge on any atom is -0.356 e. The van der Waals surface area contributed by atoms with Crippen LogP contribution in [0.25, 0.3) is 54.7 Å². The van der Waals surface area contributed by atoms with Gasteiger partial charge in [0, 0.05) is 72.2 Å². The van der Waals surface area contributed by atoms with Gasteiger partial charge in [-0.05, 0) is 60.7 Å². The maximum Gasteiger partial charge on any atom is 0.363 e. The quantitative estimate of drug-likeness (QED) is 0.0469. The molecule has 20 nitrogen and oxygen atoms in total. The van der Waals surface area contributed by atoms with Crippen LogP contribution in [-0.2, 0) is 41.9 Å². The summed E-state index contributed by atoms with van der Waals surface area (Å²) in [5, 5.41) is 33.2. The minimum atomic E-state index is -1.75. The number of carbonyl (C=O) groups is 6. The summed E-state index contributed by atoms with van der Waals surface area (Å²) in [6.07, 6.45) is -0.0729. The molecule has 362 valence electrons. The zero-order chi connectivity index (χ0) is 51.4. The first-order chi connectivity index (χ1) is 34.5. The van der Waals surface area contributed by atoms with Gasteiger partial charge >= 0.3 is 11.9 Å². The molecule has 2 aromatic heterocycles. The van der Waals surface area contributed by atoms with Gasteiger partial charge < -0.3 is 40.3 Å². The van der Waals surface area contributed by atoms with Gasteiger partial charge in [0.25, 0.3) is 23.6 Å². The molecule has 6 aromatic carbocycles. The van der Waals surface area contributed by atoms with Gasteiger partial charge in [-0.3, -0.25) is 19.2 Å². The van der Waals surface area contributed by atoms with E-state index in [1.54, 1.807) is 60.7 Å². The van der Waals surface area contributed by atoms with Gasteiger partial charge in [0.1, 0.15) is 11.6 Å². The van der Waals surface area contributed by atoms with E-state index in [4.69, 9.17) is 40.3 Å². The van der Waals surface area contributed by atoms with Gasteiger partial charge in [0.05, 0.1) is 42.8 Å². The molecule has 0 N–H and O–H groups in total. The third-order valence-corrected chi connectivity index (χ3v) is 11.6. The number of nitrogens with zero attached hydrogens (tertiary/aromatic N) is 6. The zero-order valence-corrected chi connectivity index (χ0v) is 37.1. The van der Waals surface area contributed by atoms with E-state index in [0.29, 0.717) is 56.1 Å². The van der Waals surface area contributed by atoms with Crippen molar-refractivity contribution in [1.29, 1.82) is 0 Å². The van der Waals surface area contributed by atoms with Crippen LogP contribution in [0.2, 0.25) is 0 Å². The van der Waals surface area contributed by atoms with Crippen LogP contribution in [0.5, 0.6) is 0 Å². The van der Waals surface area contributed by atoms with Crippen molar-refractivity contribution in [3.8, 4) is 11.1 Å². The Hall–Kier alpha value is -9.86. The molecule has 0 atom stereocenters. The van der Waals surface area contributed by atoms with Crippen molar-refractivity contribution < 1.29 is 66.5 Å². The molecular formula is C50H34F2N6O14. The molecule has 0 bridgehead atoms. The van der Waals surface area contributed by atoms with Gasteiger partial charge in [-0.2, -0.15) is 9.13 Å². The maximum atomic E-state index is 15.6. The number of hydrogen-bond acceptors (Lipinski definition) is 14. The van der Waals surface area contributed by atoms with E-state index < -0.39 is 57.4 Å². The molecule has 2 aliphatic rings. The third kappa shape index (κ3) is 10.1. The standard InChI is InChI=1S/C50H34F2N4O8.2NO3/c51-33-17-19-41-37(25-33)47(35-5-1-3-7-39(35)53(41)27-29-9-13-31(14-10-29)49(61)63-55-43(57)21-22-44(55)58)48-36-6-2-4-8-40(36)54(42-20-18-34(52)26-38(42)48)28-30-11-15-32(16-12-30)50(62)64-56-45(59)23-24-46(56)60;2*2-1(3)4/h1-20,25-26H,21-24,27-28H2;;/q+2;2*-1. The molecule has 0 aliphatic carbocycles. The summed E-state index contributed by atoms with van der Waals surface area (Å²) in [6.45, 7) is 0.606. The number of pyridine rings is 2. The SMILES string of the molecule is O=C(ON1C(=O)CCC1=O)c1ccc(C[n+]2c3ccccc3c(-c3c4ccccc4[n+](Cc4ccc(C(=O)ON5C(=O)CCC5=O)cc4)c4ccc(F)cc34)c3cc(F)ccc32)cc1.O=[N+]([O-])[O-].O=[N+]([O-])[O-]. The molecule has 0 unspecified atom stereocenters. The predicted octanol–water partition coefficient (Wildman–Crippen LogP) is 6.88. The Kier molecular flexibility index (Phi) is 13.8. The summed E-state index contributed by atoms with van der Waals surface area (Å²) in [7, 11) is 0. The van der Waals surface area contributed by atoms with Crippen LogP contribution in [0.15, 0.2) is 133 Å². The monoisotopic (exact) mass is 980 g/mol. The normalized spacial score (nSPS) is 13.2. The first-order valence-electron chi connectivity index (χ1n) is 21.5. The number of amides is 4. The summed E-state index contributed by atoms with van der Waals surface area (Å²) >= 11 is 0. The largest absolute Gasteiger partial charge is 0.363 e. The first kappa shape index (κ1) is 48.6. The Balaban J connectivity index is 0.000000809. The number of para-hydroxylation sites is 2. The van der Waals surface area contributed by atoms with E-state index in [9.17, 15) is 28.8 Å². The lowest BCUT2D eigenvalue weighted by Gasteiger charge is -2.17. The Morgan fingerprint density at radius 3 is 1.11 bits per heavy atom. The van der Waals surface area contributed by atoms with Gasteiger partial charge in [0.15, 0.2) is 13.1 Å². The van der Waals surface area contributed by atoms with Crippen molar-refractivity contribution in [2.45, 2.75) is 38.8 Å². The number of hydrogen-bond donors (Lipinski definition) is 0. The van der Waals surface area contributed by atoms with Crippen molar-refractivity contribution in [2.24, 2.45) is 0 Å². The number of aromatic nitrogens is 2. The maximum absolute atomic E-state index is 15.6. The lowest BCUT2D eigenvalue weighted by Crippen LogP contribution is -2.37. The second kappa shape index (κ2) is 20.4. The molecule has 22 heteroatoms. The minimum absolute atomic E-state index is 0.0182. The van der Waals surface area contributed by atoms with Crippen molar-refractivity contribution in [2.75, 3.05) is 0 Å². The summed E-state index contributed by atoms with van der Waals surface area (Å²) < 4.78 is 35.3. The van der Waals surface area contributed by atoms with Crippen molar-refractivity contribution in [3.05, 3.63) is 198 Å². The van der Waals surface area contributed by atoms with E-state index in [1.807, 2.05) is 48.5 Å². The fourth-order valence-electron chi connectivity index (χ4n) is 8.60. The number of imide groups is 2. The predicted molar refractivity (Wildman–Crippen MR) is 247 cm³/mol. The number of benzene rings is 6. The van der Waals surface area contributed by atoms with E-state index in [-0.39, 0.29) is 36.8 Å². The molecule has 72 heavy (non-hydrogen) atoms. The van der Waals surface area contributed by atoms with Crippen LogP contribution >= 0.6 is 0 Å². The second-order valence-electron chi connectivity index (χ2n) is 16.0. The number of halogens is 2. The molecule has 4 heterocycles. The molecule has 0 spiro atoms. The van der Waals surface area contributed by atoms with Gasteiger partial charge in [-0.1, -0.05) is 48.5 Å². The number of carbonyl (C=O) groups excluding carboxylic acids is 6. The van der Waals surface area contributed by atoms with Crippen LogP contribution in [0, 0.1) is 42.3 Å². The van der Waals surface area contributed by atoms with Crippen LogP contribution in [0.3, 0.4) is 0 Å². The average Bonchev–Trinajstić information content (AvgIpc) is 3.84. The van der Waals surface area contributed by atoms with Crippen LogP contribution in [0.1, 0.15) is 57.5 Å². The summed E-state index contributed by atoms with van der Waals surface area (Å²) in [5.74, 6) is -4.92. The summed E-state index contributed by atoms with van der Waals surface area (Å²) in [4.78, 5) is 101. The van der Waals surface area contributed by atoms with Crippen LogP contribution < -0.4 is 9.13 Å². The molecule has 8 aromatic rings. The first-order valence-corrected chi connectivity index (χ1v) is 21.5. The van der Waals surface area contributed by atoms with Gasteiger partial charge in [-0.15, -0.1) is 10.1 Å². The second-order valence-corrected chi connectivity index (χ2v) is 16.0. The van der Waals surface area contributed by atoms with Crippen LogP contribution in [0.4, 0.5) is 8.78 Å². The highest BCUT2D eigenvalue weighted by molar-refractivity contribution is 6.19. The van der Waals surface area contributed by atoms with Crippen molar-refractivity contribution in [3.63, 3.8) is 0 Å². The molecule has 10 rings (SSSR count). The molecule has 2 fully saturated rings. The average molecular weight is 981 g/mol. The van der Waals surface area contributed by atoms with Crippen LogP contribution in [-0.4, -0.2) is 55.9 Å². The molecule has 4 amide bonds. The lowest BCUT2D eigenvalue weighted by atomic mass is 9.89. The van der Waals surface area contributed by atoms with Crippen molar-refractivity contribution >= 4 is 79.2 Å². The fraction of sp³-hybridized carbons (Fsp3) is 0.120. The van der Waals surface area contributed by atoms with Crippen molar-refractivity contribution in [1.82, 2.24) is 10.1 Å². The van der Waals surface area contributed by atoms with E-state index in [0.717, 1.165) is 32.9 Å². The lowest BCUT2D eigenvalue weighted by molar-refractivity contribution is -0.636. The third-order valence-electron chi connectivity index (χ3n) is 11.6. The highest BCUT2D eigenvalue weighted by Gasteiger charge is 2.35. The Labute approximate surface area is 402 Å². The Morgan fingerprint density at radius 2 is 0.778 bits per heavy atom. The topological polar surface area (TPSA) is 268 Å². The molecule has 2 aliphatic heterocycles. The summed E-state index contributed by atoms with van der Waals surface area (Å²) in [6, 6.07) is 37.8. The van der Waals surface area contributed by atoms with E-state index >= 15 is 8.78 Å². The molecular weight excluding hydrogens is 947 g/mol. The molecule has 2 saturated heterocycles. The fourth-order valence-corrected chi connectivity index (χ4v) is 8.60. The van der Waals surface area contributed by atoms with E-state index in [1.165, 1.54) is 24.3 Å². The molecule has 0 saturated carbocycles. The number of hydroxylamine groups is 4. The van der Waals surface area contributed by atoms with E-state index in [2.05, 4.69) is 9.13 Å². The van der Waals surface area contributed by atoms with Gasteiger partial charge in [-0.25, -0.2) is 18.4 Å². The zero-order valence-electron chi connectivity index (χ0n) is 37.1. The highest BCUT2D eigenvalue weighted by atomic mass is 19.1. The summed E-state index contributed by atoms with van der Waals surface area (Å²) in [5.41, 5.74) is 6.24. The van der Waals surface area contributed by atoms with Gasteiger partial charge in [0.2, 0.25) is 22.1 Å². The molecule has 0 radical (unpaired) electrons. The number of rotatable bonds is 9. The smallest absolute Gasteiger partial charge is 0.356 e.